The van der Waals surface area contributed by atoms with Gasteiger partial charge in [-0.15, -0.1) is 0 Å². The monoisotopic (exact) mass is 250 g/mol. The van der Waals surface area contributed by atoms with E-state index in [0.717, 1.165) is 0 Å². The van der Waals surface area contributed by atoms with Gasteiger partial charge in [0.1, 0.15) is 0 Å². The zero-order valence-electron chi connectivity index (χ0n) is 13.1. The molecular weight excluding hydrogens is 220 g/mol. The first kappa shape index (κ1) is 12.9. The standard InChI is InChI=1S/C16H30N2/c1-13(2,3)17-11-15(7-8-15)18(14(4,5)6)16(12-17)9-10-16/h7-12H2,1-6H3. The topological polar surface area (TPSA) is 6.48 Å². The van der Waals surface area contributed by atoms with E-state index in [0.29, 0.717) is 22.2 Å². The summed E-state index contributed by atoms with van der Waals surface area (Å²) in [5.74, 6) is 0. The third-order valence-electron chi connectivity index (χ3n) is 5.19. The Hall–Kier alpha value is -0.0800. The summed E-state index contributed by atoms with van der Waals surface area (Å²) in [5, 5.41) is 0. The van der Waals surface area contributed by atoms with E-state index in [9.17, 15) is 0 Å². The first-order chi connectivity index (χ1) is 8.09. The van der Waals surface area contributed by atoms with Crippen molar-refractivity contribution in [1.29, 1.82) is 0 Å². The van der Waals surface area contributed by atoms with E-state index in [4.69, 9.17) is 0 Å². The Kier molecular flexibility index (Phi) is 2.39. The third kappa shape index (κ3) is 1.84. The van der Waals surface area contributed by atoms with Gasteiger partial charge >= 0.3 is 0 Å². The second-order valence-corrected chi connectivity index (χ2v) is 8.98. The van der Waals surface area contributed by atoms with Crippen molar-refractivity contribution in [2.24, 2.45) is 0 Å². The van der Waals surface area contributed by atoms with Gasteiger partial charge in [-0.25, -0.2) is 0 Å². The van der Waals surface area contributed by atoms with E-state index in [1.165, 1.54) is 38.8 Å². The molecule has 104 valence electrons. The zero-order valence-corrected chi connectivity index (χ0v) is 13.1. The molecule has 18 heavy (non-hydrogen) atoms. The van der Waals surface area contributed by atoms with Crippen LogP contribution < -0.4 is 0 Å². The fourth-order valence-electron chi connectivity index (χ4n) is 4.36. The minimum absolute atomic E-state index is 0.329. The van der Waals surface area contributed by atoms with Crippen LogP contribution >= 0.6 is 0 Å². The van der Waals surface area contributed by atoms with Gasteiger partial charge in [0.25, 0.3) is 0 Å². The van der Waals surface area contributed by atoms with E-state index in [1.54, 1.807) is 0 Å². The highest BCUT2D eigenvalue weighted by Gasteiger charge is 2.67. The van der Waals surface area contributed by atoms with Crippen molar-refractivity contribution in [1.82, 2.24) is 9.80 Å². The van der Waals surface area contributed by atoms with Crippen LogP contribution in [0.4, 0.5) is 0 Å². The van der Waals surface area contributed by atoms with Crippen LogP contribution in [0.5, 0.6) is 0 Å². The number of piperazine rings is 1. The van der Waals surface area contributed by atoms with Crippen molar-refractivity contribution in [2.45, 2.75) is 89.4 Å². The summed E-state index contributed by atoms with van der Waals surface area (Å²) in [4.78, 5) is 5.68. The molecule has 2 nitrogen and oxygen atoms in total. The molecule has 0 amide bonds. The normalized spacial score (nSPS) is 31.0. The highest BCUT2D eigenvalue weighted by atomic mass is 15.4. The minimum atomic E-state index is 0.329. The van der Waals surface area contributed by atoms with Gasteiger partial charge in [0, 0.05) is 35.2 Å². The summed E-state index contributed by atoms with van der Waals surface area (Å²) in [5.41, 5.74) is 1.69. The maximum Gasteiger partial charge on any atom is 0.0349 e. The van der Waals surface area contributed by atoms with E-state index >= 15 is 0 Å². The van der Waals surface area contributed by atoms with Crippen LogP contribution in [-0.2, 0) is 0 Å². The third-order valence-corrected chi connectivity index (χ3v) is 5.19. The van der Waals surface area contributed by atoms with Crippen LogP contribution in [0.25, 0.3) is 0 Å². The van der Waals surface area contributed by atoms with Crippen molar-refractivity contribution in [3.8, 4) is 0 Å². The average molecular weight is 250 g/mol. The molecule has 0 aromatic carbocycles. The van der Waals surface area contributed by atoms with E-state index < -0.39 is 0 Å². The molecule has 2 spiro atoms. The molecule has 1 heterocycles. The Morgan fingerprint density at radius 3 is 1.28 bits per heavy atom. The Balaban J connectivity index is 1.92. The van der Waals surface area contributed by atoms with E-state index in [-0.39, 0.29) is 0 Å². The summed E-state index contributed by atoms with van der Waals surface area (Å²) >= 11 is 0. The lowest BCUT2D eigenvalue weighted by atomic mass is 9.90. The summed E-state index contributed by atoms with van der Waals surface area (Å²) in [6.45, 7) is 17.0. The summed E-state index contributed by atoms with van der Waals surface area (Å²) < 4.78 is 0. The SMILES string of the molecule is CC(C)(C)N1CC2(CC2)N(C(C)(C)C)C2(CC2)C1. The lowest BCUT2D eigenvalue weighted by molar-refractivity contribution is -0.0861. The first-order valence-corrected chi connectivity index (χ1v) is 7.65. The van der Waals surface area contributed by atoms with Crippen LogP contribution in [0.2, 0.25) is 0 Å². The smallest absolute Gasteiger partial charge is 0.0349 e. The van der Waals surface area contributed by atoms with Crippen molar-refractivity contribution >= 4 is 0 Å². The number of nitrogens with zero attached hydrogens (tertiary/aromatic N) is 2. The quantitative estimate of drug-likeness (QED) is 0.651. The molecule has 0 aromatic rings. The van der Waals surface area contributed by atoms with Gasteiger partial charge < -0.3 is 0 Å². The van der Waals surface area contributed by atoms with Gasteiger partial charge in [0.05, 0.1) is 0 Å². The Morgan fingerprint density at radius 2 is 1.06 bits per heavy atom. The number of rotatable bonds is 0. The van der Waals surface area contributed by atoms with Gasteiger partial charge in [0.2, 0.25) is 0 Å². The highest BCUT2D eigenvalue weighted by molar-refractivity contribution is 5.23. The molecule has 2 heteroatoms. The van der Waals surface area contributed by atoms with Crippen LogP contribution in [0.3, 0.4) is 0 Å². The lowest BCUT2D eigenvalue weighted by Crippen LogP contribution is -2.69. The summed E-state index contributed by atoms with van der Waals surface area (Å²) in [6, 6.07) is 0. The van der Waals surface area contributed by atoms with Gasteiger partial charge in [-0.1, -0.05) is 0 Å². The van der Waals surface area contributed by atoms with Crippen LogP contribution in [0, 0.1) is 0 Å². The van der Waals surface area contributed by atoms with Crippen LogP contribution in [-0.4, -0.2) is 45.0 Å². The Morgan fingerprint density at radius 1 is 0.667 bits per heavy atom. The summed E-state index contributed by atoms with van der Waals surface area (Å²) in [7, 11) is 0. The van der Waals surface area contributed by atoms with Gasteiger partial charge in [0.15, 0.2) is 0 Å². The molecule has 0 N–H and O–H groups in total. The van der Waals surface area contributed by atoms with Gasteiger partial charge in [-0.05, 0) is 67.2 Å². The summed E-state index contributed by atoms with van der Waals surface area (Å²) in [6.07, 6.45) is 5.66. The zero-order chi connectivity index (χ0) is 13.4. The van der Waals surface area contributed by atoms with Crippen molar-refractivity contribution < 1.29 is 0 Å². The predicted molar refractivity (Wildman–Crippen MR) is 76.8 cm³/mol. The number of hydrogen-bond donors (Lipinski definition) is 0. The predicted octanol–water partition coefficient (Wildman–Crippen LogP) is 3.27. The molecule has 3 rings (SSSR count). The molecule has 1 aliphatic heterocycles. The Bertz CT molecular complexity index is 328. The van der Waals surface area contributed by atoms with Crippen molar-refractivity contribution in [3.63, 3.8) is 0 Å². The average Bonchev–Trinajstić information content (AvgIpc) is 3.04. The largest absolute Gasteiger partial charge is 0.295 e. The molecule has 3 aliphatic rings. The molecule has 3 fully saturated rings. The molecule has 2 aliphatic carbocycles. The highest BCUT2D eigenvalue weighted by Crippen LogP contribution is 2.60. The van der Waals surface area contributed by atoms with Crippen LogP contribution in [0.15, 0.2) is 0 Å². The van der Waals surface area contributed by atoms with Gasteiger partial charge in [-0.3, -0.25) is 9.80 Å². The Labute approximate surface area is 113 Å². The molecule has 0 aromatic heterocycles. The first-order valence-electron chi connectivity index (χ1n) is 7.65. The molecule has 2 saturated carbocycles. The molecule has 1 saturated heterocycles. The molecule has 0 radical (unpaired) electrons. The maximum atomic E-state index is 2.93. The maximum absolute atomic E-state index is 2.93. The fraction of sp³-hybridized carbons (Fsp3) is 1.00. The second-order valence-electron chi connectivity index (χ2n) is 8.98. The molecular formula is C16H30N2. The lowest BCUT2D eigenvalue weighted by Gasteiger charge is -2.57. The minimum Gasteiger partial charge on any atom is -0.295 e. The van der Waals surface area contributed by atoms with Crippen LogP contribution in [0.1, 0.15) is 67.2 Å². The second kappa shape index (κ2) is 3.32. The number of hydrogen-bond acceptors (Lipinski definition) is 2. The van der Waals surface area contributed by atoms with Crippen molar-refractivity contribution in [2.75, 3.05) is 13.1 Å². The molecule has 0 atom stereocenters. The van der Waals surface area contributed by atoms with E-state index in [2.05, 4.69) is 51.3 Å². The molecule has 0 unspecified atom stereocenters. The van der Waals surface area contributed by atoms with Gasteiger partial charge in [-0.2, -0.15) is 0 Å². The molecule has 0 bridgehead atoms. The van der Waals surface area contributed by atoms with E-state index in [1.807, 2.05) is 0 Å². The van der Waals surface area contributed by atoms with Crippen molar-refractivity contribution in [3.05, 3.63) is 0 Å². The fourth-order valence-corrected chi connectivity index (χ4v) is 4.36.